The summed E-state index contributed by atoms with van der Waals surface area (Å²) >= 11 is 1.48. The number of anilines is 1. The second-order valence-corrected chi connectivity index (χ2v) is 6.12. The molecular weight excluding hydrogens is 274 g/mol. The van der Waals surface area contributed by atoms with Crippen LogP contribution in [0.25, 0.3) is 0 Å². The van der Waals surface area contributed by atoms with Crippen molar-refractivity contribution < 1.29 is 4.79 Å². The molecule has 0 bridgehead atoms. The van der Waals surface area contributed by atoms with Crippen LogP contribution in [-0.4, -0.2) is 27.6 Å². The van der Waals surface area contributed by atoms with E-state index in [1.807, 2.05) is 5.38 Å². The zero-order valence-electron chi connectivity index (χ0n) is 10.9. The van der Waals surface area contributed by atoms with Gasteiger partial charge >= 0.3 is 0 Å². The molecule has 20 heavy (non-hydrogen) atoms. The summed E-state index contributed by atoms with van der Waals surface area (Å²) in [6.07, 6.45) is 3.32. The Balaban J connectivity index is 1.53. The minimum Gasteiger partial charge on any atom is -0.312 e. The molecule has 1 amide bonds. The lowest BCUT2D eigenvalue weighted by molar-refractivity contribution is 0.102. The Bertz CT molecular complexity index is 658. The Morgan fingerprint density at radius 2 is 2.35 bits per heavy atom. The van der Waals surface area contributed by atoms with Gasteiger partial charge in [-0.25, -0.2) is 4.98 Å². The van der Waals surface area contributed by atoms with E-state index < -0.39 is 0 Å². The Hall–Kier alpha value is -1.73. The number of thiazole rings is 1. The van der Waals surface area contributed by atoms with Gasteiger partial charge in [-0.15, -0.1) is 11.3 Å². The van der Waals surface area contributed by atoms with E-state index >= 15 is 0 Å². The van der Waals surface area contributed by atoms with Gasteiger partial charge in [-0.05, 0) is 12.8 Å². The molecule has 1 fully saturated rings. The van der Waals surface area contributed by atoms with Crippen molar-refractivity contribution in [2.24, 2.45) is 0 Å². The molecule has 1 aliphatic heterocycles. The molecule has 7 heteroatoms. The average Bonchev–Trinajstić information content (AvgIpc) is 3.06. The van der Waals surface area contributed by atoms with Gasteiger partial charge in [-0.1, -0.05) is 0 Å². The highest BCUT2D eigenvalue weighted by Crippen LogP contribution is 2.40. The second-order valence-electron chi connectivity index (χ2n) is 5.26. The van der Waals surface area contributed by atoms with Crippen LogP contribution in [0.15, 0.2) is 5.38 Å². The smallest absolute Gasteiger partial charge is 0.278 e. The maximum absolute atomic E-state index is 12.3. The highest BCUT2D eigenvalue weighted by Gasteiger charge is 2.27. The molecule has 3 N–H and O–H groups in total. The first-order chi connectivity index (χ1) is 9.81. The highest BCUT2D eigenvalue weighted by molar-refractivity contribution is 7.14. The normalized spacial score (nSPS) is 17.8. The number of nitrogens with one attached hydrogen (secondary N) is 3. The summed E-state index contributed by atoms with van der Waals surface area (Å²) < 4.78 is 0. The molecule has 0 radical (unpaired) electrons. The Morgan fingerprint density at radius 1 is 1.45 bits per heavy atom. The van der Waals surface area contributed by atoms with Gasteiger partial charge in [0.05, 0.1) is 5.69 Å². The van der Waals surface area contributed by atoms with E-state index in [1.165, 1.54) is 24.2 Å². The molecule has 2 aliphatic rings. The molecule has 0 atom stereocenters. The summed E-state index contributed by atoms with van der Waals surface area (Å²) in [5.74, 6) is 0.433. The van der Waals surface area contributed by atoms with Crippen molar-refractivity contribution in [1.82, 2.24) is 20.5 Å². The number of aromatic amines is 1. The number of H-pyrrole nitrogens is 1. The fraction of sp³-hybridized carbons (Fsp3) is 0.462. The molecule has 3 heterocycles. The summed E-state index contributed by atoms with van der Waals surface area (Å²) in [6, 6.07) is 0. The van der Waals surface area contributed by atoms with Crippen LogP contribution in [0.4, 0.5) is 5.13 Å². The van der Waals surface area contributed by atoms with Crippen LogP contribution in [0, 0.1) is 0 Å². The SMILES string of the molecule is O=C(Nc1nc(C2CC2)cs1)c1n[nH]c2c1CNCC2. The zero-order chi connectivity index (χ0) is 13.5. The fourth-order valence-corrected chi connectivity index (χ4v) is 3.27. The first-order valence-electron chi connectivity index (χ1n) is 6.85. The summed E-state index contributed by atoms with van der Waals surface area (Å²) in [4.78, 5) is 16.8. The number of amides is 1. The minimum absolute atomic E-state index is 0.178. The largest absolute Gasteiger partial charge is 0.312 e. The number of nitrogens with zero attached hydrogens (tertiary/aromatic N) is 2. The number of fused-ring (bicyclic) bond motifs is 1. The number of carbonyl (C=O) groups is 1. The van der Waals surface area contributed by atoms with Gasteiger partial charge < -0.3 is 5.32 Å². The van der Waals surface area contributed by atoms with Crippen molar-refractivity contribution >= 4 is 22.4 Å². The van der Waals surface area contributed by atoms with E-state index in [-0.39, 0.29) is 5.91 Å². The lowest BCUT2D eigenvalue weighted by Gasteiger charge is -2.12. The number of carbonyl (C=O) groups excluding carboxylic acids is 1. The molecule has 1 saturated carbocycles. The van der Waals surface area contributed by atoms with Gasteiger partial charge in [0.1, 0.15) is 0 Å². The van der Waals surface area contributed by atoms with Crippen molar-refractivity contribution in [2.75, 3.05) is 11.9 Å². The Morgan fingerprint density at radius 3 is 3.20 bits per heavy atom. The maximum Gasteiger partial charge on any atom is 0.278 e. The summed E-state index contributed by atoms with van der Waals surface area (Å²) in [7, 11) is 0. The van der Waals surface area contributed by atoms with Crippen LogP contribution in [0.3, 0.4) is 0 Å². The van der Waals surface area contributed by atoms with Crippen LogP contribution in [0.1, 0.15) is 46.2 Å². The van der Waals surface area contributed by atoms with Gasteiger partial charge in [0.25, 0.3) is 5.91 Å². The van der Waals surface area contributed by atoms with E-state index in [2.05, 4.69) is 25.8 Å². The highest BCUT2D eigenvalue weighted by atomic mass is 32.1. The molecule has 2 aromatic heterocycles. The van der Waals surface area contributed by atoms with Crippen LogP contribution >= 0.6 is 11.3 Å². The first kappa shape index (κ1) is 12.0. The molecule has 4 rings (SSSR count). The van der Waals surface area contributed by atoms with Crippen LogP contribution < -0.4 is 10.6 Å². The predicted molar refractivity (Wildman–Crippen MR) is 76.0 cm³/mol. The summed E-state index contributed by atoms with van der Waals surface area (Å²) in [6.45, 7) is 1.62. The van der Waals surface area contributed by atoms with E-state index in [4.69, 9.17) is 0 Å². The van der Waals surface area contributed by atoms with Crippen molar-refractivity contribution in [2.45, 2.75) is 31.7 Å². The average molecular weight is 289 g/mol. The van der Waals surface area contributed by atoms with Crippen LogP contribution in [0.2, 0.25) is 0 Å². The number of hydrogen-bond acceptors (Lipinski definition) is 5. The molecule has 0 unspecified atom stereocenters. The second kappa shape index (κ2) is 4.68. The van der Waals surface area contributed by atoms with Crippen LogP contribution in [-0.2, 0) is 13.0 Å². The van der Waals surface area contributed by atoms with Crippen LogP contribution in [0.5, 0.6) is 0 Å². The molecule has 104 valence electrons. The van der Waals surface area contributed by atoms with Gasteiger partial charge in [0.15, 0.2) is 10.8 Å². The van der Waals surface area contributed by atoms with Crippen molar-refractivity contribution in [1.29, 1.82) is 0 Å². The third-order valence-corrected chi connectivity index (χ3v) is 4.54. The molecule has 1 aliphatic carbocycles. The monoisotopic (exact) mass is 289 g/mol. The van der Waals surface area contributed by atoms with E-state index in [0.717, 1.165) is 29.9 Å². The Labute approximate surface area is 120 Å². The minimum atomic E-state index is -0.178. The lowest BCUT2D eigenvalue weighted by atomic mass is 10.1. The number of aromatic nitrogens is 3. The molecule has 0 spiro atoms. The summed E-state index contributed by atoms with van der Waals surface area (Å²) in [5, 5.41) is 15.9. The van der Waals surface area contributed by atoms with Gasteiger partial charge in [-0.2, -0.15) is 5.10 Å². The third kappa shape index (κ3) is 2.12. The summed E-state index contributed by atoms with van der Waals surface area (Å²) in [5.41, 5.74) is 3.63. The molecular formula is C13H15N5OS. The maximum atomic E-state index is 12.3. The molecule has 0 aromatic carbocycles. The van der Waals surface area contributed by atoms with E-state index in [1.54, 1.807) is 0 Å². The van der Waals surface area contributed by atoms with E-state index in [0.29, 0.717) is 23.3 Å². The number of hydrogen-bond donors (Lipinski definition) is 3. The number of rotatable bonds is 3. The van der Waals surface area contributed by atoms with Crippen molar-refractivity contribution in [3.63, 3.8) is 0 Å². The lowest BCUT2D eigenvalue weighted by Crippen LogP contribution is -2.25. The van der Waals surface area contributed by atoms with Crippen molar-refractivity contribution in [3.05, 3.63) is 28.0 Å². The molecule has 6 nitrogen and oxygen atoms in total. The molecule has 0 saturated heterocycles. The Kier molecular flexibility index (Phi) is 2.82. The first-order valence-corrected chi connectivity index (χ1v) is 7.73. The van der Waals surface area contributed by atoms with E-state index in [9.17, 15) is 4.79 Å². The van der Waals surface area contributed by atoms with Crippen molar-refractivity contribution in [3.8, 4) is 0 Å². The van der Waals surface area contributed by atoms with Gasteiger partial charge in [0, 0.05) is 42.1 Å². The van der Waals surface area contributed by atoms with Gasteiger partial charge in [-0.3, -0.25) is 15.2 Å². The van der Waals surface area contributed by atoms with Gasteiger partial charge in [0.2, 0.25) is 0 Å². The quantitative estimate of drug-likeness (QED) is 0.802. The zero-order valence-corrected chi connectivity index (χ0v) is 11.7. The third-order valence-electron chi connectivity index (χ3n) is 3.76. The topological polar surface area (TPSA) is 82.7 Å². The standard InChI is InChI=1S/C13H15N5OS/c19-12(11-8-5-14-4-3-9(8)17-18-11)16-13-15-10(6-20-13)7-1-2-7/h6-7,14H,1-5H2,(H,17,18)(H,15,16,19). The predicted octanol–water partition coefficient (Wildman–Crippen LogP) is 1.64. The molecule has 2 aromatic rings. The fourth-order valence-electron chi connectivity index (χ4n) is 2.48.